The van der Waals surface area contributed by atoms with Gasteiger partial charge in [-0.2, -0.15) is 5.06 Å². The number of hydroxylamine groups is 2. The molecule has 1 aliphatic carbocycles. The molecule has 2 rings (SSSR count). The second kappa shape index (κ2) is 7.25. The number of ether oxygens (including phenoxy) is 1. The minimum atomic E-state index is 0.147. The van der Waals surface area contributed by atoms with Gasteiger partial charge >= 0.3 is 0 Å². The Morgan fingerprint density at radius 2 is 1.71 bits per heavy atom. The summed E-state index contributed by atoms with van der Waals surface area (Å²) in [6.45, 7) is 17.9. The van der Waals surface area contributed by atoms with Crippen LogP contribution in [0.1, 0.15) is 87.0 Å². The molecule has 0 aromatic heterocycles. The van der Waals surface area contributed by atoms with Crippen LogP contribution in [-0.4, -0.2) is 31.0 Å². The summed E-state index contributed by atoms with van der Waals surface area (Å²) in [6, 6.07) is 0.470. The molecule has 0 bridgehead atoms. The molecular weight excluding hydrogens is 298 g/mol. The lowest BCUT2D eigenvalue weighted by molar-refractivity contribution is -0.280. The molecule has 1 saturated heterocycles. The molecule has 4 atom stereocenters. The van der Waals surface area contributed by atoms with Crippen LogP contribution in [0.5, 0.6) is 0 Å². The van der Waals surface area contributed by atoms with Gasteiger partial charge in [0.2, 0.25) is 0 Å². The van der Waals surface area contributed by atoms with Gasteiger partial charge in [0.25, 0.3) is 0 Å². The van der Waals surface area contributed by atoms with Crippen molar-refractivity contribution in [2.75, 3.05) is 13.7 Å². The molecule has 3 nitrogen and oxygen atoms in total. The van der Waals surface area contributed by atoms with Crippen molar-refractivity contribution in [1.82, 2.24) is 5.06 Å². The molecule has 1 aliphatic heterocycles. The Balaban J connectivity index is 2.21. The maximum atomic E-state index is 6.03. The zero-order valence-corrected chi connectivity index (χ0v) is 17.4. The van der Waals surface area contributed by atoms with Crippen molar-refractivity contribution in [1.29, 1.82) is 0 Å². The Morgan fingerprint density at radius 3 is 2.17 bits per heavy atom. The predicted molar refractivity (Wildman–Crippen MR) is 101 cm³/mol. The van der Waals surface area contributed by atoms with E-state index in [-0.39, 0.29) is 6.23 Å². The summed E-state index contributed by atoms with van der Waals surface area (Å²) < 4.78 is 6.03. The van der Waals surface area contributed by atoms with E-state index >= 15 is 0 Å². The van der Waals surface area contributed by atoms with Crippen molar-refractivity contribution in [3.8, 4) is 0 Å². The van der Waals surface area contributed by atoms with Crippen LogP contribution < -0.4 is 0 Å². The molecule has 0 N–H and O–H groups in total. The zero-order chi connectivity index (χ0) is 18.2. The van der Waals surface area contributed by atoms with Gasteiger partial charge in [0.15, 0.2) is 0 Å². The van der Waals surface area contributed by atoms with E-state index in [2.05, 4.69) is 53.5 Å². The first-order chi connectivity index (χ1) is 11.0. The van der Waals surface area contributed by atoms with E-state index in [1.165, 1.54) is 32.1 Å². The van der Waals surface area contributed by atoms with Crippen molar-refractivity contribution >= 4 is 0 Å². The average molecular weight is 340 g/mol. The summed E-state index contributed by atoms with van der Waals surface area (Å²) in [7, 11) is 1.82. The summed E-state index contributed by atoms with van der Waals surface area (Å²) in [5.74, 6) is 0.671. The third-order valence-electron chi connectivity index (χ3n) is 7.04. The molecule has 0 aromatic carbocycles. The van der Waals surface area contributed by atoms with Crippen LogP contribution in [0.3, 0.4) is 0 Å². The fourth-order valence-corrected chi connectivity index (χ4v) is 5.16. The van der Waals surface area contributed by atoms with Gasteiger partial charge < -0.3 is 4.74 Å². The molecular formula is C21H41NO2. The van der Waals surface area contributed by atoms with Crippen LogP contribution in [0, 0.1) is 22.2 Å². The van der Waals surface area contributed by atoms with Crippen molar-refractivity contribution in [2.24, 2.45) is 22.2 Å². The van der Waals surface area contributed by atoms with Crippen molar-refractivity contribution in [3.05, 3.63) is 0 Å². The predicted octanol–water partition coefficient (Wildman–Crippen LogP) is 5.64. The minimum Gasteiger partial charge on any atom is -0.361 e. The second-order valence-corrected chi connectivity index (χ2v) is 10.4. The molecule has 0 amide bonds. The van der Waals surface area contributed by atoms with E-state index in [4.69, 9.17) is 9.57 Å². The van der Waals surface area contributed by atoms with Gasteiger partial charge in [-0.15, -0.1) is 0 Å². The standard InChI is InChI=1S/C21H41NO2/c1-19(2,3)17-15-16(12-13-21(17,7)20(4,5)6)22(23-8)18-11-9-10-14-24-18/h16-18H,9-15H2,1-8H3/t16?,17-,18+,21-/m0/s1. The van der Waals surface area contributed by atoms with E-state index < -0.39 is 0 Å². The van der Waals surface area contributed by atoms with Gasteiger partial charge in [-0.25, -0.2) is 0 Å². The van der Waals surface area contributed by atoms with E-state index in [0.29, 0.717) is 28.2 Å². The molecule has 1 saturated carbocycles. The minimum absolute atomic E-state index is 0.147. The van der Waals surface area contributed by atoms with E-state index in [0.717, 1.165) is 13.0 Å². The lowest BCUT2D eigenvalue weighted by Gasteiger charge is -2.58. The number of hydrogen-bond donors (Lipinski definition) is 0. The molecule has 0 aromatic rings. The molecule has 1 heterocycles. The summed E-state index contributed by atoms with van der Waals surface area (Å²) in [5.41, 5.74) is 0.970. The number of hydrogen-bond acceptors (Lipinski definition) is 3. The Hall–Kier alpha value is -0.120. The molecule has 2 fully saturated rings. The van der Waals surface area contributed by atoms with Crippen molar-refractivity contribution < 1.29 is 9.57 Å². The van der Waals surface area contributed by atoms with Gasteiger partial charge in [-0.1, -0.05) is 48.5 Å². The lowest BCUT2D eigenvalue weighted by Crippen LogP contribution is -2.55. The molecule has 3 heteroatoms. The smallest absolute Gasteiger partial charge is 0.133 e. The maximum Gasteiger partial charge on any atom is 0.133 e. The largest absolute Gasteiger partial charge is 0.361 e. The molecule has 0 spiro atoms. The second-order valence-electron chi connectivity index (χ2n) is 10.4. The Morgan fingerprint density at radius 1 is 1.04 bits per heavy atom. The van der Waals surface area contributed by atoms with Crippen LogP contribution >= 0.6 is 0 Å². The zero-order valence-electron chi connectivity index (χ0n) is 17.4. The van der Waals surface area contributed by atoms with E-state index in [1.807, 2.05) is 7.11 Å². The molecule has 24 heavy (non-hydrogen) atoms. The van der Waals surface area contributed by atoms with Crippen LogP contribution in [0.15, 0.2) is 0 Å². The topological polar surface area (TPSA) is 21.7 Å². The van der Waals surface area contributed by atoms with Gasteiger partial charge in [0.05, 0.1) is 7.11 Å². The SMILES string of the molecule is CON(C1CC[C@](C)(C(C)(C)C)[C@H](C(C)(C)C)C1)[C@H]1CCCCO1. The molecule has 0 radical (unpaired) electrons. The normalized spacial score (nSPS) is 36.1. The Kier molecular flexibility index (Phi) is 6.10. The highest BCUT2D eigenvalue weighted by atomic mass is 16.7. The van der Waals surface area contributed by atoms with Crippen LogP contribution in [0.4, 0.5) is 0 Å². The average Bonchev–Trinajstić information content (AvgIpc) is 2.48. The number of nitrogens with zero attached hydrogens (tertiary/aromatic N) is 1. The lowest BCUT2D eigenvalue weighted by atomic mass is 9.49. The highest BCUT2D eigenvalue weighted by Gasteiger charge is 2.52. The molecule has 2 aliphatic rings. The maximum absolute atomic E-state index is 6.03. The third kappa shape index (κ3) is 3.99. The number of rotatable bonds is 3. The van der Waals surface area contributed by atoms with Crippen LogP contribution in [0.25, 0.3) is 0 Å². The van der Waals surface area contributed by atoms with Gasteiger partial charge in [0.1, 0.15) is 6.23 Å². The van der Waals surface area contributed by atoms with Crippen molar-refractivity contribution in [2.45, 2.75) is 99.3 Å². The highest BCUT2D eigenvalue weighted by molar-refractivity contribution is 5.01. The molecule has 1 unspecified atom stereocenters. The van der Waals surface area contributed by atoms with Gasteiger partial charge in [-0.05, 0) is 60.7 Å². The fraction of sp³-hybridized carbons (Fsp3) is 1.00. The van der Waals surface area contributed by atoms with Gasteiger partial charge in [-0.3, -0.25) is 4.84 Å². The summed E-state index contributed by atoms with van der Waals surface area (Å²) >= 11 is 0. The summed E-state index contributed by atoms with van der Waals surface area (Å²) in [6.07, 6.45) is 7.34. The van der Waals surface area contributed by atoms with Crippen LogP contribution in [-0.2, 0) is 9.57 Å². The first-order valence-corrected chi connectivity index (χ1v) is 9.95. The fourth-order valence-electron chi connectivity index (χ4n) is 5.16. The monoisotopic (exact) mass is 339 g/mol. The van der Waals surface area contributed by atoms with E-state index in [9.17, 15) is 0 Å². The van der Waals surface area contributed by atoms with Crippen molar-refractivity contribution in [3.63, 3.8) is 0 Å². The van der Waals surface area contributed by atoms with Crippen LogP contribution in [0.2, 0.25) is 0 Å². The quantitative estimate of drug-likeness (QED) is 0.621. The highest BCUT2D eigenvalue weighted by Crippen LogP contribution is 2.58. The summed E-state index contributed by atoms with van der Waals surface area (Å²) in [4.78, 5) is 5.85. The summed E-state index contributed by atoms with van der Waals surface area (Å²) in [5, 5.41) is 2.19. The first kappa shape index (κ1) is 20.2. The Bertz CT molecular complexity index is 403. The Labute approximate surface area is 150 Å². The third-order valence-corrected chi connectivity index (χ3v) is 7.04. The first-order valence-electron chi connectivity index (χ1n) is 9.95. The molecule has 142 valence electrons. The van der Waals surface area contributed by atoms with E-state index in [1.54, 1.807) is 0 Å². The van der Waals surface area contributed by atoms with Gasteiger partial charge in [0, 0.05) is 12.6 Å².